The largest absolute Gasteiger partial charge is 0.392 e. The van der Waals surface area contributed by atoms with Gasteiger partial charge in [0.1, 0.15) is 17.6 Å². The fraction of sp³-hybridized carbons (Fsp3) is 0.360. The number of hydrogen-bond acceptors (Lipinski definition) is 7. The number of aliphatic hydroxyl groups is 2. The Hall–Kier alpha value is -3.60. The minimum Gasteiger partial charge on any atom is -0.392 e. The molecule has 7 rings (SSSR count). The Labute approximate surface area is 200 Å². The molecule has 178 valence electrons. The first-order valence-electron chi connectivity index (χ1n) is 12.1. The van der Waals surface area contributed by atoms with E-state index < -0.39 is 6.23 Å². The van der Waals surface area contributed by atoms with Gasteiger partial charge in [0.2, 0.25) is 0 Å². The Morgan fingerprint density at radius 2 is 1.89 bits per heavy atom. The number of nitrogens with one attached hydrogen (secondary N) is 2. The highest BCUT2D eigenvalue weighted by atomic mass is 16.3. The summed E-state index contributed by atoms with van der Waals surface area (Å²) in [4.78, 5) is 22.6. The van der Waals surface area contributed by atoms with Gasteiger partial charge in [-0.1, -0.05) is 6.07 Å². The van der Waals surface area contributed by atoms with E-state index in [1.807, 2.05) is 35.2 Å². The summed E-state index contributed by atoms with van der Waals surface area (Å²) in [5, 5.41) is 25.6. The van der Waals surface area contributed by atoms with Gasteiger partial charge in [-0.15, -0.1) is 0 Å². The summed E-state index contributed by atoms with van der Waals surface area (Å²) >= 11 is 0. The molecule has 2 fully saturated rings. The number of aliphatic hydroxyl groups excluding tert-OH is 2. The second-order valence-electron chi connectivity index (χ2n) is 9.56. The summed E-state index contributed by atoms with van der Waals surface area (Å²) in [6, 6.07) is 6.57. The summed E-state index contributed by atoms with van der Waals surface area (Å²) in [5.74, 6) is 1.01. The van der Waals surface area contributed by atoms with E-state index in [1.165, 1.54) is 0 Å². The number of aromatic nitrogens is 7. The third kappa shape index (κ3) is 3.21. The Bertz CT molecular complexity index is 1480. The van der Waals surface area contributed by atoms with Crippen LogP contribution >= 0.6 is 0 Å². The molecule has 5 aromatic rings. The van der Waals surface area contributed by atoms with E-state index in [0.717, 1.165) is 70.7 Å². The molecule has 0 aliphatic carbocycles. The Morgan fingerprint density at radius 3 is 2.60 bits per heavy atom. The van der Waals surface area contributed by atoms with Crippen LogP contribution in [0.4, 0.5) is 0 Å². The molecule has 0 radical (unpaired) electrons. The van der Waals surface area contributed by atoms with Gasteiger partial charge in [-0.05, 0) is 37.8 Å². The van der Waals surface area contributed by atoms with Crippen LogP contribution in [0.25, 0.3) is 39.3 Å². The third-order valence-electron chi connectivity index (χ3n) is 7.68. The molecule has 1 unspecified atom stereocenters. The van der Waals surface area contributed by atoms with Crippen molar-refractivity contribution >= 4 is 16.7 Å². The average molecular weight is 471 g/mol. The second-order valence-corrected chi connectivity index (χ2v) is 9.56. The predicted molar refractivity (Wildman–Crippen MR) is 129 cm³/mol. The molecule has 0 spiro atoms. The molecule has 0 aromatic carbocycles. The van der Waals surface area contributed by atoms with Gasteiger partial charge in [0.05, 0.1) is 18.5 Å². The highest BCUT2D eigenvalue weighted by molar-refractivity contribution is 5.86. The summed E-state index contributed by atoms with van der Waals surface area (Å²) in [5.41, 5.74) is 5.46. The molecule has 5 aromatic heterocycles. The zero-order valence-corrected chi connectivity index (χ0v) is 19.0. The van der Waals surface area contributed by atoms with Crippen LogP contribution in [0.1, 0.15) is 37.3 Å². The lowest BCUT2D eigenvalue weighted by atomic mass is 9.86. The van der Waals surface area contributed by atoms with Crippen molar-refractivity contribution in [2.45, 2.75) is 49.9 Å². The van der Waals surface area contributed by atoms with Gasteiger partial charge in [0.25, 0.3) is 0 Å². The first-order valence-corrected chi connectivity index (χ1v) is 12.1. The van der Waals surface area contributed by atoms with Gasteiger partial charge < -0.3 is 20.2 Å². The normalized spacial score (nSPS) is 23.4. The summed E-state index contributed by atoms with van der Waals surface area (Å²) in [6.45, 7) is -0.226. The minimum absolute atomic E-state index is 0.226. The quantitative estimate of drug-likeness (QED) is 0.311. The number of piperidine rings is 1. The van der Waals surface area contributed by atoms with Gasteiger partial charge in [-0.3, -0.25) is 9.88 Å². The van der Waals surface area contributed by atoms with Crippen LogP contribution < -0.4 is 0 Å². The highest BCUT2D eigenvalue weighted by Crippen LogP contribution is 2.45. The predicted octanol–water partition coefficient (Wildman–Crippen LogP) is 2.68. The van der Waals surface area contributed by atoms with Crippen molar-refractivity contribution in [2.75, 3.05) is 6.61 Å². The Balaban J connectivity index is 1.29. The maximum atomic E-state index is 10.3. The van der Waals surface area contributed by atoms with Gasteiger partial charge in [-0.25, -0.2) is 9.97 Å². The number of hydrogen-bond donors (Lipinski definition) is 4. The molecule has 10 heteroatoms. The average Bonchev–Trinajstić information content (AvgIpc) is 3.68. The number of imidazole rings is 1. The molecule has 2 aliphatic heterocycles. The molecule has 0 saturated carbocycles. The molecule has 4 N–H and O–H groups in total. The zero-order valence-electron chi connectivity index (χ0n) is 19.0. The third-order valence-corrected chi connectivity index (χ3v) is 7.68. The summed E-state index contributed by atoms with van der Waals surface area (Å²) in [7, 11) is 0. The number of nitrogens with zero attached hydrogens (tertiary/aromatic N) is 6. The van der Waals surface area contributed by atoms with E-state index in [1.54, 1.807) is 12.4 Å². The fourth-order valence-corrected chi connectivity index (χ4v) is 6.16. The molecule has 0 amide bonds. The fourth-order valence-electron chi connectivity index (χ4n) is 6.16. The molecule has 2 aliphatic rings. The van der Waals surface area contributed by atoms with E-state index >= 15 is 0 Å². The van der Waals surface area contributed by atoms with Crippen LogP contribution in [0.2, 0.25) is 0 Å². The van der Waals surface area contributed by atoms with Crippen molar-refractivity contribution in [1.82, 2.24) is 39.4 Å². The lowest BCUT2D eigenvalue weighted by Crippen LogP contribution is -2.49. The van der Waals surface area contributed by atoms with E-state index in [-0.39, 0.29) is 24.6 Å². The number of pyridine rings is 1. The smallest absolute Gasteiger partial charge is 0.165 e. The lowest BCUT2D eigenvalue weighted by Gasteiger charge is -2.41. The molecule has 10 nitrogen and oxygen atoms in total. The zero-order chi connectivity index (χ0) is 23.5. The summed E-state index contributed by atoms with van der Waals surface area (Å²) < 4.78 is 1.87. The van der Waals surface area contributed by atoms with Crippen LogP contribution in [0.5, 0.6) is 0 Å². The second kappa shape index (κ2) is 7.98. The molecular formula is C25H26N8O2. The molecule has 2 saturated heterocycles. The maximum Gasteiger partial charge on any atom is 0.165 e. The monoisotopic (exact) mass is 470 g/mol. The molecule has 2 bridgehead atoms. The van der Waals surface area contributed by atoms with Gasteiger partial charge >= 0.3 is 0 Å². The Kier molecular flexibility index (Phi) is 4.73. The van der Waals surface area contributed by atoms with Gasteiger partial charge in [0.15, 0.2) is 11.5 Å². The van der Waals surface area contributed by atoms with Gasteiger partial charge in [0, 0.05) is 59.3 Å². The standard InChI is InChI=1S/C25H26N8O2/c34-13-21(35)32-16-2-3-17(32)10-15(9-16)22-18-5-6-28-24(18)33-25(31-22)19(12-30-33)14-1-4-20(29-11-14)23-26-7-8-27-23/h1,4-8,11-12,15-17,21,28,34-35H,2-3,9-10,13H2,(H,26,27)/t15-,16-,17+,21?. The van der Waals surface area contributed by atoms with Gasteiger partial charge in [-0.2, -0.15) is 9.61 Å². The molecule has 35 heavy (non-hydrogen) atoms. The number of aromatic amines is 2. The van der Waals surface area contributed by atoms with Crippen molar-refractivity contribution in [2.24, 2.45) is 0 Å². The maximum absolute atomic E-state index is 10.3. The van der Waals surface area contributed by atoms with Crippen molar-refractivity contribution in [3.63, 3.8) is 0 Å². The first-order chi connectivity index (χ1) is 17.2. The molecular weight excluding hydrogens is 444 g/mol. The number of rotatable bonds is 5. The lowest BCUT2D eigenvalue weighted by molar-refractivity contribution is -0.0773. The number of H-pyrrole nitrogens is 2. The topological polar surface area (TPSA) is 131 Å². The van der Waals surface area contributed by atoms with E-state index in [0.29, 0.717) is 0 Å². The van der Waals surface area contributed by atoms with Crippen LogP contribution in [0.3, 0.4) is 0 Å². The van der Waals surface area contributed by atoms with E-state index in [4.69, 9.17) is 4.98 Å². The van der Waals surface area contributed by atoms with E-state index in [9.17, 15) is 10.2 Å². The Morgan fingerprint density at radius 1 is 1.03 bits per heavy atom. The van der Waals surface area contributed by atoms with Crippen LogP contribution in [-0.4, -0.2) is 74.6 Å². The van der Waals surface area contributed by atoms with Crippen LogP contribution in [0.15, 0.2) is 49.2 Å². The number of fused-ring (bicyclic) bond motifs is 5. The SMILES string of the molecule is OCC(O)N1[C@@H]2CC[C@H]1C[C@H](c1nc3c(-c4ccc(-c5ncc[nH]5)nc4)cnn3c3[nH]ccc13)C2. The van der Waals surface area contributed by atoms with Crippen molar-refractivity contribution in [3.05, 3.63) is 54.9 Å². The highest BCUT2D eigenvalue weighted by Gasteiger charge is 2.44. The van der Waals surface area contributed by atoms with E-state index in [2.05, 4.69) is 36.0 Å². The molecule has 4 atom stereocenters. The van der Waals surface area contributed by atoms with Crippen molar-refractivity contribution in [1.29, 1.82) is 0 Å². The van der Waals surface area contributed by atoms with Crippen LogP contribution in [0, 0.1) is 0 Å². The molecule has 7 heterocycles. The first kappa shape index (κ1) is 20.7. The van der Waals surface area contributed by atoms with Crippen molar-refractivity contribution < 1.29 is 10.2 Å². The minimum atomic E-state index is -0.783. The van der Waals surface area contributed by atoms with Crippen molar-refractivity contribution in [3.8, 4) is 22.6 Å². The summed E-state index contributed by atoms with van der Waals surface area (Å²) in [6.07, 6.45) is 12.3. The van der Waals surface area contributed by atoms with Crippen LogP contribution in [-0.2, 0) is 0 Å².